The first-order valence-electron chi connectivity index (χ1n) is 7.39. The maximum absolute atomic E-state index is 12.4. The number of nitrogens with zero attached hydrogens (tertiary/aromatic N) is 2. The van der Waals surface area contributed by atoms with Crippen LogP contribution in [-0.4, -0.2) is 53.5 Å². The molecule has 1 heterocycles. The number of carbonyl (C=O) groups is 2. The van der Waals surface area contributed by atoms with E-state index in [1.165, 1.54) is 0 Å². The number of urea groups is 1. The summed E-state index contributed by atoms with van der Waals surface area (Å²) in [6.45, 7) is 7.92. The van der Waals surface area contributed by atoms with E-state index < -0.39 is 0 Å². The van der Waals surface area contributed by atoms with Gasteiger partial charge in [-0.3, -0.25) is 4.79 Å². The number of rotatable bonds is 1. The third-order valence-corrected chi connectivity index (χ3v) is 3.77. The molecule has 1 aliphatic heterocycles. The van der Waals surface area contributed by atoms with E-state index in [0.717, 1.165) is 0 Å². The van der Waals surface area contributed by atoms with Crippen LogP contribution in [0.15, 0.2) is 24.3 Å². The fourth-order valence-corrected chi connectivity index (χ4v) is 2.53. The molecule has 0 saturated carbocycles. The minimum absolute atomic E-state index is 0.0820. The van der Waals surface area contributed by atoms with Gasteiger partial charge in [-0.15, -0.1) is 0 Å². The molecule has 0 unspecified atom stereocenters. The van der Waals surface area contributed by atoms with Gasteiger partial charge in [0.05, 0.1) is 10.6 Å². The smallest absolute Gasteiger partial charge is 0.317 e. The lowest BCUT2D eigenvalue weighted by Gasteiger charge is -2.36. The third kappa shape index (κ3) is 4.13. The fraction of sp³-hybridized carbons (Fsp3) is 0.500. The van der Waals surface area contributed by atoms with Crippen LogP contribution in [0.25, 0.3) is 0 Å². The van der Waals surface area contributed by atoms with Gasteiger partial charge in [-0.2, -0.15) is 0 Å². The fourth-order valence-electron chi connectivity index (χ4n) is 2.32. The zero-order valence-electron chi connectivity index (χ0n) is 13.2. The van der Waals surface area contributed by atoms with Crippen molar-refractivity contribution in [1.29, 1.82) is 0 Å². The standard InChI is InChI=1S/C16H22ClN3O2/c1-16(2,3)18-15(22)20-10-8-19(9-11-20)14(21)12-6-4-5-7-13(12)17/h4-7H,8-11H2,1-3H3,(H,18,22). The number of hydrogen-bond acceptors (Lipinski definition) is 2. The number of nitrogens with one attached hydrogen (secondary N) is 1. The van der Waals surface area contributed by atoms with Gasteiger partial charge in [-0.1, -0.05) is 23.7 Å². The second-order valence-corrected chi connectivity index (χ2v) is 6.85. The van der Waals surface area contributed by atoms with Crippen LogP contribution in [0.1, 0.15) is 31.1 Å². The lowest BCUT2D eigenvalue weighted by Crippen LogP contribution is -2.56. The molecular weight excluding hydrogens is 302 g/mol. The lowest BCUT2D eigenvalue weighted by atomic mass is 10.1. The predicted octanol–water partition coefficient (Wildman–Crippen LogP) is 2.61. The van der Waals surface area contributed by atoms with Crippen molar-refractivity contribution in [2.75, 3.05) is 26.2 Å². The molecule has 1 aliphatic rings. The SMILES string of the molecule is CC(C)(C)NC(=O)N1CCN(C(=O)c2ccccc2Cl)CC1. The Hall–Kier alpha value is -1.75. The highest BCUT2D eigenvalue weighted by atomic mass is 35.5. The molecule has 1 N–H and O–H groups in total. The van der Waals surface area contributed by atoms with Gasteiger partial charge in [-0.25, -0.2) is 4.79 Å². The number of carbonyl (C=O) groups excluding carboxylic acids is 2. The first kappa shape index (κ1) is 16.6. The summed E-state index contributed by atoms with van der Waals surface area (Å²) in [5.74, 6) is -0.0820. The highest BCUT2D eigenvalue weighted by Crippen LogP contribution is 2.18. The van der Waals surface area contributed by atoms with Crippen LogP contribution in [0.4, 0.5) is 4.79 Å². The zero-order valence-corrected chi connectivity index (χ0v) is 14.0. The maximum atomic E-state index is 12.4. The molecule has 0 aliphatic carbocycles. The zero-order chi connectivity index (χ0) is 16.3. The van der Waals surface area contributed by atoms with Gasteiger partial charge in [0.25, 0.3) is 5.91 Å². The highest BCUT2D eigenvalue weighted by molar-refractivity contribution is 6.33. The van der Waals surface area contributed by atoms with Crippen molar-refractivity contribution < 1.29 is 9.59 Å². The molecule has 1 fully saturated rings. The summed E-state index contributed by atoms with van der Waals surface area (Å²) in [7, 11) is 0. The number of hydrogen-bond donors (Lipinski definition) is 1. The van der Waals surface area contributed by atoms with Gasteiger partial charge in [-0.05, 0) is 32.9 Å². The van der Waals surface area contributed by atoms with Crippen molar-refractivity contribution in [2.24, 2.45) is 0 Å². The van der Waals surface area contributed by atoms with Gasteiger partial charge in [0.15, 0.2) is 0 Å². The van der Waals surface area contributed by atoms with Crippen molar-refractivity contribution in [3.05, 3.63) is 34.9 Å². The van der Waals surface area contributed by atoms with Gasteiger partial charge >= 0.3 is 6.03 Å². The number of halogens is 1. The molecule has 2 rings (SSSR count). The van der Waals surface area contributed by atoms with E-state index in [0.29, 0.717) is 36.8 Å². The maximum Gasteiger partial charge on any atom is 0.317 e. The molecular formula is C16H22ClN3O2. The number of benzene rings is 1. The Bertz CT molecular complexity index is 561. The Kier molecular flexibility index (Phi) is 4.96. The van der Waals surface area contributed by atoms with Gasteiger partial charge < -0.3 is 15.1 Å². The van der Waals surface area contributed by atoms with Crippen molar-refractivity contribution in [1.82, 2.24) is 15.1 Å². The summed E-state index contributed by atoms with van der Waals surface area (Å²) in [6.07, 6.45) is 0. The molecule has 3 amide bonds. The van der Waals surface area contributed by atoms with E-state index in [1.807, 2.05) is 20.8 Å². The molecule has 0 radical (unpaired) electrons. The minimum atomic E-state index is -0.262. The Morgan fingerprint density at radius 2 is 1.59 bits per heavy atom. The molecule has 0 bridgehead atoms. The lowest BCUT2D eigenvalue weighted by molar-refractivity contribution is 0.0661. The van der Waals surface area contributed by atoms with E-state index in [2.05, 4.69) is 5.32 Å². The van der Waals surface area contributed by atoms with E-state index in [9.17, 15) is 9.59 Å². The molecule has 6 heteroatoms. The molecule has 0 atom stereocenters. The monoisotopic (exact) mass is 323 g/mol. The Balaban J connectivity index is 1.94. The van der Waals surface area contributed by atoms with Gasteiger partial charge in [0.1, 0.15) is 0 Å². The molecule has 0 spiro atoms. The van der Waals surface area contributed by atoms with Crippen LogP contribution in [-0.2, 0) is 0 Å². The second-order valence-electron chi connectivity index (χ2n) is 6.44. The molecule has 120 valence electrons. The van der Waals surface area contributed by atoms with E-state index in [4.69, 9.17) is 11.6 Å². The van der Waals surface area contributed by atoms with Crippen molar-refractivity contribution in [3.63, 3.8) is 0 Å². The van der Waals surface area contributed by atoms with Crippen molar-refractivity contribution in [2.45, 2.75) is 26.3 Å². The molecule has 5 nitrogen and oxygen atoms in total. The van der Waals surface area contributed by atoms with Crippen LogP contribution in [0.5, 0.6) is 0 Å². The van der Waals surface area contributed by atoms with E-state index in [1.54, 1.807) is 34.1 Å². The average molecular weight is 324 g/mol. The number of piperazine rings is 1. The van der Waals surface area contributed by atoms with Crippen LogP contribution >= 0.6 is 11.6 Å². The molecule has 1 aromatic carbocycles. The Morgan fingerprint density at radius 3 is 2.14 bits per heavy atom. The van der Waals surface area contributed by atoms with Crippen molar-refractivity contribution >= 4 is 23.5 Å². The van der Waals surface area contributed by atoms with Gasteiger partial charge in [0, 0.05) is 31.7 Å². The largest absolute Gasteiger partial charge is 0.335 e. The Labute approximate surface area is 136 Å². The highest BCUT2D eigenvalue weighted by Gasteiger charge is 2.27. The predicted molar refractivity (Wildman–Crippen MR) is 87.2 cm³/mol. The molecule has 1 aromatic rings. The normalized spacial score (nSPS) is 15.6. The second kappa shape index (κ2) is 6.57. The Morgan fingerprint density at radius 1 is 1.05 bits per heavy atom. The average Bonchev–Trinajstić information content (AvgIpc) is 2.45. The van der Waals surface area contributed by atoms with Crippen LogP contribution in [0.3, 0.4) is 0 Å². The molecule has 1 saturated heterocycles. The van der Waals surface area contributed by atoms with E-state index in [-0.39, 0.29) is 17.5 Å². The first-order chi connectivity index (χ1) is 10.3. The topological polar surface area (TPSA) is 52.7 Å². The summed E-state index contributed by atoms with van der Waals surface area (Å²) in [4.78, 5) is 28.0. The summed E-state index contributed by atoms with van der Waals surface area (Å²) >= 11 is 6.07. The van der Waals surface area contributed by atoms with Gasteiger partial charge in [0.2, 0.25) is 0 Å². The first-order valence-corrected chi connectivity index (χ1v) is 7.76. The summed E-state index contributed by atoms with van der Waals surface area (Å²) in [5, 5.41) is 3.39. The summed E-state index contributed by atoms with van der Waals surface area (Å²) < 4.78 is 0. The molecule has 22 heavy (non-hydrogen) atoms. The number of amides is 3. The van der Waals surface area contributed by atoms with Crippen LogP contribution in [0, 0.1) is 0 Å². The van der Waals surface area contributed by atoms with Crippen LogP contribution < -0.4 is 5.32 Å². The minimum Gasteiger partial charge on any atom is -0.335 e. The third-order valence-electron chi connectivity index (χ3n) is 3.44. The van der Waals surface area contributed by atoms with Crippen LogP contribution in [0.2, 0.25) is 5.02 Å². The van der Waals surface area contributed by atoms with Crippen molar-refractivity contribution in [3.8, 4) is 0 Å². The quantitative estimate of drug-likeness (QED) is 0.863. The molecule has 0 aromatic heterocycles. The summed E-state index contributed by atoms with van der Waals surface area (Å²) in [6, 6.07) is 6.95. The summed E-state index contributed by atoms with van der Waals surface area (Å²) in [5.41, 5.74) is 0.249. The van der Waals surface area contributed by atoms with E-state index >= 15 is 0 Å².